The van der Waals surface area contributed by atoms with Crippen molar-refractivity contribution in [3.63, 3.8) is 0 Å². The van der Waals surface area contributed by atoms with E-state index in [0.717, 1.165) is 44.1 Å². The van der Waals surface area contributed by atoms with E-state index in [1.165, 1.54) is 11.1 Å². The fraction of sp³-hybridized carbons (Fsp3) is 0.810. The molecule has 0 unspecified atom stereocenters. The Balaban J connectivity index is 1.91. The van der Waals surface area contributed by atoms with E-state index in [4.69, 9.17) is 9.31 Å². The molecular formula is C21H35BO3. The number of hydrogen-bond donors (Lipinski definition) is 1. The Kier molecular flexibility index (Phi) is 4.80. The lowest BCUT2D eigenvalue weighted by Gasteiger charge is -2.56. The smallest absolute Gasteiger partial charge is 0.403 e. The molecule has 1 saturated carbocycles. The summed E-state index contributed by atoms with van der Waals surface area (Å²) in [4.78, 5) is 0. The van der Waals surface area contributed by atoms with Crippen LogP contribution in [0.3, 0.4) is 0 Å². The van der Waals surface area contributed by atoms with Crippen LogP contribution in [0.5, 0.6) is 0 Å². The molecule has 0 radical (unpaired) electrons. The second kappa shape index (κ2) is 6.25. The number of rotatable bonds is 5. The highest BCUT2D eigenvalue weighted by molar-refractivity contribution is 6.47. The van der Waals surface area contributed by atoms with Gasteiger partial charge in [-0.1, -0.05) is 38.3 Å². The molecule has 2 fully saturated rings. The molecule has 0 aromatic rings. The van der Waals surface area contributed by atoms with E-state index in [0.29, 0.717) is 0 Å². The van der Waals surface area contributed by atoms with Gasteiger partial charge in [-0.3, -0.25) is 0 Å². The minimum Gasteiger partial charge on any atom is -0.403 e. The van der Waals surface area contributed by atoms with Crippen LogP contribution in [-0.4, -0.2) is 29.0 Å². The van der Waals surface area contributed by atoms with Crippen LogP contribution in [-0.2, 0) is 9.31 Å². The highest BCUT2D eigenvalue weighted by Crippen LogP contribution is 2.62. The van der Waals surface area contributed by atoms with Gasteiger partial charge in [0, 0.05) is 11.7 Å². The number of hydrogen-bond acceptors (Lipinski definition) is 3. The SMILES string of the molecule is C=C(C)C1=C(CCCC)[C@]2(O)CCC[C@H](B3OC(C)(C)C(C)(C)O3)[C@H]12. The summed E-state index contributed by atoms with van der Waals surface area (Å²) in [6.07, 6.45) is 6.20. The molecule has 2 aliphatic carbocycles. The summed E-state index contributed by atoms with van der Waals surface area (Å²) in [7, 11) is -0.246. The number of unbranched alkanes of at least 4 members (excludes halogenated alkanes) is 1. The highest BCUT2D eigenvalue weighted by atomic mass is 16.7. The zero-order chi connectivity index (χ0) is 18.6. The van der Waals surface area contributed by atoms with Gasteiger partial charge in [0.2, 0.25) is 0 Å². The summed E-state index contributed by atoms with van der Waals surface area (Å²) >= 11 is 0. The van der Waals surface area contributed by atoms with E-state index in [1.807, 2.05) is 0 Å². The average Bonchev–Trinajstić information content (AvgIpc) is 2.70. The van der Waals surface area contributed by atoms with Gasteiger partial charge in [-0.2, -0.15) is 0 Å². The first kappa shape index (κ1) is 19.2. The standard InChI is InChI=1S/C21H35BO3/c1-8-9-11-15-17(14(2)3)18-16(12-10-13-21(15,18)23)22-24-19(4,5)20(6,7)25-22/h16,18,23H,2,8-13H2,1,3-7H3/t16-,18+,21+/m0/s1. The van der Waals surface area contributed by atoms with Crippen LogP contribution in [0, 0.1) is 5.92 Å². The van der Waals surface area contributed by atoms with E-state index >= 15 is 0 Å². The van der Waals surface area contributed by atoms with E-state index in [9.17, 15) is 5.11 Å². The van der Waals surface area contributed by atoms with Crippen LogP contribution in [0.15, 0.2) is 23.3 Å². The quantitative estimate of drug-likeness (QED) is 0.708. The monoisotopic (exact) mass is 346 g/mol. The lowest BCUT2D eigenvalue weighted by molar-refractivity contribution is -0.0347. The Morgan fingerprint density at radius 2 is 1.84 bits per heavy atom. The molecule has 1 N–H and O–H groups in total. The van der Waals surface area contributed by atoms with Gasteiger partial charge >= 0.3 is 7.12 Å². The minimum absolute atomic E-state index is 0.111. The van der Waals surface area contributed by atoms with Crippen molar-refractivity contribution in [1.29, 1.82) is 0 Å². The summed E-state index contributed by atoms with van der Waals surface area (Å²) in [5, 5.41) is 11.5. The first-order chi connectivity index (χ1) is 11.5. The summed E-state index contributed by atoms with van der Waals surface area (Å²) in [6, 6.07) is 0. The minimum atomic E-state index is -0.671. The largest absolute Gasteiger partial charge is 0.461 e. The maximum atomic E-state index is 11.5. The van der Waals surface area contributed by atoms with Gasteiger partial charge in [0.15, 0.2) is 0 Å². The molecular weight excluding hydrogens is 311 g/mol. The third kappa shape index (κ3) is 2.85. The van der Waals surface area contributed by atoms with Crippen LogP contribution in [0.25, 0.3) is 0 Å². The first-order valence-electron chi connectivity index (χ1n) is 10.0. The van der Waals surface area contributed by atoms with Gasteiger partial charge in [-0.25, -0.2) is 0 Å². The lowest BCUT2D eigenvalue weighted by atomic mass is 9.44. The van der Waals surface area contributed by atoms with Gasteiger partial charge < -0.3 is 14.4 Å². The number of allylic oxidation sites excluding steroid dienone is 1. The third-order valence-electron chi connectivity index (χ3n) is 7.06. The Hall–Kier alpha value is -0.575. The second-order valence-electron chi connectivity index (χ2n) is 9.36. The third-order valence-corrected chi connectivity index (χ3v) is 7.06. The Labute approximate surface area is 154 Å². The van der Waals surface area contributed by atoms with Crippen molar-refractivity contribution >= 4 is 7.12 Å². The highest BCUT2D eigenvalue weighted by Gasteiger charge is 2.63. The molecule has 140 valence electrons. The van der Waals surface area contributed by atoms with Crippen molar-refractivity contribution in [3.8, 4) is 0 Å². The predicted octanol–water partition coefficient (Wildman–Crippen LogP) is 5.06. The van der Waals surface area contributed by atoms with Gasteiger partial charge in [-0.05, 0) is 65.0 Å². The molecule has 25 heavy (non-hydrogen) atoms. The average molecular weight is 346 g/mol. The molecule has 0 aromatic heterocycles. The Morgan fingerprint density at radius 3 is 2.36 bits per heavy atom. The van der Waals surface area contributed by atoms with Crippen molar-refractivity contribution in [3.05, 3.63) is 23.3 Å². The fourth-order valence-corrected chi connectivity index (χ4v) is 5.00. The summed E-state index contributed by atoms with van der Waals surface area (Å²) in [5.41, 5.74) is 2.33. The predicted molar refractivity (Wildman–Crippen MR) is 103 cm³/mol. The molecule has 0 amide bonds. The first-order valence-corrected chi connectivity index (χ1v) is 10.0. The molecule has 0 spiro atoms. The molecule has 1 saturated heterocycles. The maximum Gasteiger partial charge on any atom is 0.461 e. The molecule has 0 aromatic carbocycles. The number of aliphatic hydroxyl groups is 1. The van der Waals surface area contributed by atoms with Gasteiger partial charge in [0.25, 0.3) is 0 Å². The van der Waals surface area contributed by atoms with E-state index in [-0.39, 0.29) is 30.1 Å². The van der Waals surface area contributed by atoms with Crippen molar-refractivity contribution in [2.45, 2.75) is 103 Å². The second-order valence-corrected chi connectivity index (χ2v) is 9.36. The molecule has 3 rings (SSSR count). The summed E-state index contributed by atoms with van der Waals surface area (Å²) in [6.45, 7) is 16.9. The molecule has 4 heteroatoms. The van der Waals surface area contributed by atoms with Crippen LogP contribution in [0.1, 0.15) is 80.1 Å². The van der Waals surface area contributed by atoms with E-state index in [2.05, 4.69) is 48.1 Å². The van der Waals surface area contributed by atoms with Gasteiger partial charge in [0.1, 0.15) is 0 Å². The summed E-state index contributed by atoms with van der Waals surface area (Å²) in [5.74, 6) is 0.317. The molecule has 0 bridgehead atoms. The summed E-state index contributed by atoms with van der Waals surface area (Å²) < 4.78 is 12.7. The van der Waals surface area contributed by atoms with Crippen molar-refractivity contribution in [2.24, 2.45) is 5.92 Å². The van der Waals surface area contributed by atoms with Gasteiger partial charge in [-0.15, -0.1) is 0 Å². The van der Waals surface area contributed by atoms with Crippen LogP contribution in [0.4, 0.5) is 0 Å². The van der Waals surface area contributed by atoms with Crippen molar-refractivity contribution in [2.75, 3.05) is 0 Å². The Morgan fingerprint density at radius 1 is 1.24 bits per heavy atom. The molecule has 3 aliphatic rings. The maximum absolute atomic E-state index is 11.5. The normalized spacial score (nSPS) is 36.2. The van der Waals surface area contributed by atoms with Gasteiger partial charge in [0.05, 0.1) is 16.8 Å². The van der Waals surface area contributed by atoms with Crippen molar-refractivity contribution < 1.29 is 14.4 Å². The zero-order valence-electron chi connectivity index (χ0n) is 16.9. The Bertz CT molecular complexity index is 576. The zero-order valence-corrected chi connectivity index (χ0v) is 16.9. The molecule has 3 nitrogen and oxygen atoms in total. The lowest BCUT2D eigenvalue weighted by Crippen LogP contribution is -2.57. The number of fused-ring (bicyclic) bond motifs is 1. The molecule has 3 atom stereocenters. The topological polar surface area (TPSA) is 38.7 Å². The fourth-order valence-electron chi connectivity index (χ4n) is 5.00. The van der Waals surface area contributed by atoms with Crippen molar-refractivity contribution in [1.82, 2.24) is 0 Å². The van der Waals surface area contributed by atoms with Crippen LogP contribution >= 0.6 is 0 Å². The van der Waals surface area contributed by atoms with Crippen LogP contribution < -0.4 is 0 Å². The molecule has 1 heterocycles. The van der Waals surface area contributed by atoms with E-state index < -0.39 is 5.60 Å². The molecule has 1 aliphatic heterocycles. The van der Waals surface area contributed by atoms with E-state index in [1.54, 1.807) is 0 Å². The van der Waals surface area contributed by atoms with Crippen LogP contribution in [0.2, 0.25) is 5.82 Å².